The molecule has 6 nitrogen and oxygen atoms in total. The van der Waals surface area contributed by atoms with Crippen molar-refractivity contribution in [2.24, 2.45) is 7.05 Å². The second-order valence-corrected chi connectivity index (χ2v) is 8.25. The van der Waals surface area contributed by atoms with Crippen LogP contribution in [0.15, 0.2) is 29.1 Å². The van der Waals surface area contributed by atoms with Gasteiger partial charge in [0.05, 0.1) is 19.3 Å². The number of aryl methyl sites for hydroxylation is 1. The van der Waals surface area contributed by atoms with Crippen molar-refractivity contribution in [1.82, 2.24) is 19.2 Å². The predicted octanol–water partition coefficient (Wildman–Crippen LogP) is 2.58. The highest BCUT2D eigenvalue weighted by Crippen LogP contribution is 2.37. The van der Waals surface area contributed by atoms with E-state index in [0.29, 0.717) is 17.9 Å². The summed E-state index contributed by atoms with van der Waals surface area (Å²) in [5.41, 5.74) is 0.288. The smallest absolute Gasteiger partial charge is 0.345 e. The first-order valence-electron chi connectivity index (χ1n) is 10.3. The van der Waals surface area contributed by atoms with Gasteiger partial charge in [0, 0.05) is 31.2 Å². The van der Waals surface area contributed by atoms with E-state index >= 15 is 0 Å². The zero-order valence-electron chi connectivity index (χ0n) is 16.9. The molecule has 0 amide bonds. The molecule has 0 radical (unpaired) electrons. The first-order valence-corrected chi connectivity index (χ1v) is 10.3. The molecule has 2 bridgehead atoms. The fourth-order valence-electron chi connectivity index (χ4n) is 4.67. The van der Waals surface area contributed by atoms with E-state index < -0.39 is 6.17 Å². The monoisotopic (exact) mass is 406 g/mol. The maximum absolute atomic E-state index is 14.8. The van der Waals surface area contributed by atoms with Crippen molar-refractivity contribution in [2.45, 2.75) is 70.1 Å². The summed E-state index contributed by atoms with van der Waals surface area (Å²) < 4.78 is 37.2. The molecule has 0 spiro atoms. The van der Waals surface area contributed by atoms with Crippen LogP contribution in [-0.2, 0) is 24.9 Å². The van der Waals surface area contributed by atoms with Gasteiger partial charge in [-0.1, -0.05) is 18.2 Å². The van der Waals surface area contributed by atoms with Gasteiger partial charge in [-0.05, 0) is 38.7 Å². The summed E-state index contributed by atoms with van der Waals surface area (Å²) in [5.74, 6) is 0.336. The van der Waals surface area contributed by atoms with Crippen molar-refractivity contribution in [1.29, 1.82) is 0 Å². The minimum atomic E-state index is -1.15. The summed E-state index contributed by atoms with van der Waals surface area (Å²) in [7, 11) is 1.64. The average Bonchev–Trinajstić information content (AvgIpc) is 3.06. The quantitative estimate of drug-likeness (QED) is 0.709. The molecule has 3 heterocycles. The molecule has 8 heteroatoms. The zero-order chi connectivity index (χ0) is 20.5. The summed E-state index contributed by atoms with van der Waals surface area (Å²) in [5, 5.41) is 4.13. The second-order valence-electron chi connectivity index (χ2n) is 8.25. The number of alkyl halides is 1. The Hall–Kier alpha value is -2.06. The summed E-state index contributed by atoms with van der Waals surface area (Å²) in [6, 6.07) is 7.23. The van der Waals surface area contributed by atoms with Gasteiger partial charge in [0.15, 0.2) is 0 Å². The SMILES string of the molecule is Cc1nn(C[C@H](F)CN2C3CCC2CC(OCc2ccccc2F)C3)c(=O)n1C. The molecule has 0 saturated carbocycles. The van der Waals surface area contributed by atoms with Crippen LogP contribution in [0.3, 0.4) is 0 Å². The van der Waals surface area contributed by atoms with Gasteiger partial charge in [0.1, 0.15) is 17.8 Å². The lowest BCUT2D eigenvalue weighted by atomic mass is 9.99. The molecular weight excluding hydrogens is 378 g/mol. The van der Waals surface area contributed by atoms with Crippen molar-refractivity contribution in [3.63, 3.8) is 0 Å². The molecule has 3 atom stereocenters. The Morgan fingerprint density at radius 3 is 2.52 bits per heavy atom. The first kappa shape index (κ1) is 20.2. The molecule has 2 aromatic rings. The highest BCUT2D eigenvalue weighted by Gasteiger charge is 2.42. The Balaban J connectivity index is 1.31. The summed E-state index contributed by atoms with van der Waals surface area (Å²) in [6.07, 6.45) is 2.64. The van der Waals surface area contributed by atoms with Gasteiger partial charge in [-0.2, -0.15) is 5.10 Å². The van der Waals surface area contributed by atoms with Crippen LogP contribution in [0.2, 0.25) is 0 Å². The molecule has 2 aliphatic rings. The molecule has 2 aliphatic heterocycles. The van der Waals surface area contributed by atoms with Crippen LogP contribution >= 0.6 is 0 Å². The number of hydrogen-bond acceptors (Lipinski definition) is 4. The highest BCUT2D eigenvalue weighted by molar-refractivity contribution is 5.16. The Kier molecular flexibility index (Phi) is 5.83. The van der Waals surface area contributed by atoms with Crippen molar-refractivity contribution < 1.29 is 13.5 Å². The van der Waals surface area contributed by atoms with E-state index in [2.05, 4.69) is 10.00 Å². The summed E-state index contributed by atoms with van der Waals surface area (Å²) in [4.78, 5) is 14.3. The van der Waals surface area contributed by atoms with Crippen LogP contribution in [0.5, 0.6) is 0 Å². The van der Waals surface area contributed by atoms with E-state index in [4.69, 9.17) is 4.74 Å². The van der Waals surface area contributed by atoms with E-state index in [1.807, 2.05) is 6.07 Å². The topological polar surface area (TPSA) is 52.3 Å². The van der Waals surface area contributed by atoms with Crippen LogP contribution < -0.4 is 5.69 Å². The fraction of sp³-hybridized carbons (Fsp3) is 0.619. The van der Waals surface area contributed by atoms with Crippen molar-refractivity contribution in [3.8, 4) is 0 Å². The number of halogens is 2. The Morgan fingerprint density at radius 1 is 1.21 bits per heavy atom. The standard InChI is InChI=1S/C21H28F2N4O2/c1-14-24-27(21(28)25(14)2)12-16(22)11-26-17-7-8-18(26)10-19(9-17)29-13-15-5-3-4-6-20(15)23/h3-6,16-19H,7-13H2,1-2H3/t16-,17?,18?,19?/m1/s1. The van der Waals surface area contributed by atoms with Gasteiger partial charge in [-0.3, -0.25) is 9.47 Å². The lowest BCUT2D eigenvalue weighted by Crippen LogP contribution is -2.48. The fourth-order valence-corrected chi connectivity index (χ4v) is 4.67. The van der Waals surface area contributed by atoms with Crippen LogP contribution in [0.1, 0.15) is 37.1 Å². The van der Waals surface area contributed by atoms with E-state index in [0.717, 1.165) is 25.7 Å². The summed E-state index contributed by atoms with van der Waals surface area (Å²) in [6.45, 7) is 2.28. The average molecular weight is 406 g/mol. The van der Waals surface area contributed by atoms with Crippen LogP contribution in [-0.4, -0.2) is 50.2 Å². The molecular formula is C21H28F2N4O2. The molecule has 1 aromatic heterocycles. The minimum Gasteiger partial charge on any atom is -0.373 e. The van der Waals surface area contributed by atoms with Gasteiger partial charge >= 0.3 is 5.69 Å². The number of rotatable bonds is 7. The van der Waals surface area contributed by atoms with Crippen molar-refractivity contribution in [2.75, 3.05) is 6.54 Å². The Bertz CT molecular complexity index is 898. The van der Waals surface area contributed by atoms with Gasteiger partial charge < -0.3 is 4.74 Å². The van der Waals surface area contributed by atoms with Crippen molar-refractivity contribution >= 4 is 0 Å². The lowest BCUT2D eigenvalue weighted by molar-refractivity contribution is -0.0349. The minimum absolute atomic E-state index is 0.0241. The predicted molar refractivity (Wildman–Crippen MR) is 105 cm³/mol. The molecule has 2 fully saturated rings. The number of fused-ring (bicyclic) bond motifs is 2. The van der Waals surface area contributed by atoms with E-state index in [-0.39, 0.29) is 42.8 Å². The number of ether oxygens (including phenoxy) is 1. The molecule has 1 aromatic carbocycles. The van der Waals surface area contributed by atoms with E-state index in [1.54, 1.807) is 26.1 Å². The normalized spacial score (nSPS) is 25.4. The first-order chi connectivity index (χ1) is 13.9. The second kappa shape index (κ2) is 8.36. The zero-order valence-corrected chi connectivity index (χ0v) is 16.9. The summed E-state index contributed by atoms with van der Waals surface area (Å²) >= 11 is 0. The van der Waals surface area contributed by atoms with Gasteiger partial charge in [0.25, 0.3) is 0 Å². The molecule has 2 saturated heterocycles. The maximum atomic E-state index is 14.8. The van der Waals surface area contributed by atoms with Gasteiger partial charge in [0.2, 0.25) is 0 Å². The molecule has 2 unspecified atom stereocenters. The van der Waals surface area contributed by atoms with Gasteiger partial charge in [-0.15, -0.1) is 0 Å². The van der Waals surface area contributed by atoms with E-state index in [9.17, 15) is 13.6 Å². The van der Waals surface area contributed by atoms with Crippen LogP contribution in [0.25, 0.3) is 0 Å². The molecule has 0 aliphatic carbocycles. The lowest BCUT2D eigenvalue weighted by Gasteiger charge is -2.39. The van der Waals surface area contributed by atoms with Crippen molar-refractivity contribution in [3.05, 3.63) is 52.0 Å². The van der Waals surface area contributed by atoms with E-state index in [1.165, 1.54) is 15.3 Å². The Labute approximate surface area is 169 Å². The maximum Gasteiger partial charge on any atom is 0.345 e. The number of aromatic nitrogens is 3. The molecule has 4 rings (SSSR count). The highest BCUT2D eigenvalue weighted by atomic mass is 19.1. The molecule has 29 heavy (non-hydrogen) atoms. The number of hydrogen-bond donors (Lipinski definition) is 0. The third kappa shape index (κ3) is 4.28. The third-order valence-corrected chi connectivity index (χ3v) is 6.31. The van der Waals surface area contributed by atoms with Gasteiger partial charge in [-0.25, -0.2) is 18.3 Å². The number of benzene rings is 1. The van der Waals surface area contributed by atoms with Crippen LogP contribution in [0, 0.1) is 12.7 Å². The third-order valence-electron chi connectivity index (χ3n) is 6.31. The number of nitrogens with zero attached hydrogens (tertiary/aromatic N) is 4. The molecule has 0 N–H and O–H groups in total. The molecule has 158 valence electrons. The largest absolute Gasteiger partial charge is 0.373 e. The Morgan fingerprint density at radius 2 is 1.90 bits per heavy atom. The number of piperidine rings is 1. The van der Waals surface area contributed by atoms with Crippen LogP contribution in [0.4, 0.5) is 8.78 Å².